The summed E-state index contributed by atoms with van der Waals surface area (Å²) in [7, 11) is 0. The fourth-order valence-electron chi connectivity index (χ4n) is 4.02. The highest BCUT2D eigenvalue weighted by Crippen LogP contribution is 2.41. The highest BCUT2D eigenvalue weighted by atomic mass is 19.4. The molecule has 0 amide bonds. The van der Waals surface area contributed by atoms with Gasteiger partial charge in [0, 0.05) is 36.4 Å². The Morgan fingerprint density at radius 2 is 1.76 bits per heavy atom. The number of aromatic amines is 2. The summed E-state index contributed by atoms with van der Waals surface area (Å²) >= 11 is 0. The van der Waals surface area contributed by atoms with Crippen molar-refractivity contribution >= 4 is 10.9 Å². The van der Waals surface area contributed by atoms with Crippen molar-refractivity contribution in [2.24, 2.45) is 0 Å². The minimum absolute atomic E-state index is 0.0274. The standard InChI is InChI=1S/C25H16F5N5O2/c1-11-13(25(28,29)30)10-34-24(37-18-4-3-14(26)21(27)12(18)2)19(11)16-9-17(36)20-15(35-16)5-6-31-22(20)23-32-7-8-33-23/h3-10H,1-2H3,(H,32,33)(H,35,36). The van der Waals surface area contributed by atoms with Gasteiger partial charge in [0.1, 0.15) is 11.4 Å². The number of aromatic nitrogens is 5. The molecule has 0 atom stereocenters. The van der Waals surface area contributed by atoms with Crippen LogP contribution in [0.2, 0.25) is 0 Å². The van der Waals surface area contributed by atoms with Gasteiger partial charge in [-0.3, -0.25) is 9.78 Å². The maximum absolute atomic E-state index is 14.1. The van der Waals surface area contributed by atoms with Gasteiger partial charge in [-0.1, -0.05) is 0 Å². The van der Waals surface area contributed by atoms with E-state index in [4.69, 9.17) is 4.74 Å². The highest BCUT2D eigenvalue weighted by molar-refractivity contribution is 5.92. The lowest BCUT2D eigenvalue weighted by molar-refractivity contribution is -0.138. The molecule has 0 fully saturated rings. The average Bonchev–Trinajstić information content (AvgIpc) is 3.38. The minimum atomic E-state index is -4.75. The van der Waals surface area contributed by atoms with Crippen LogP contribution < -0.4 is 10.2 Å². The number of halogens is 5. The third kappa shape index (κ3) is 4.20. The van der Waals surface area contributed by atoms with Gasteiger partial charge in [-0.15, -0.1) is 0 Å². The number of pyridine rings is 3. The molecule has 0 unspecified atom stereocenters. The van der Waals surface area contributed by atoms with Crippen LogP contribution in [0.15, 0.2) is 53.8 Å². The summed E-state index contributed by atoms with van der Waals surface area (Å²) in [4.78, 5) is 31.2. The number of hydrogen-bond acceptors (Lipinski definition) is 5. The molecule has 0 saturated carbocycles. The Morgan fingerprint density at radius 3 is 2.46 bits per heavy atom. The molecule has 0 bridgehead atoms. The monoisotopic (exact) mass is 513 g/mol. The smallest absolute Gasteiger partial charge is 0.418 e. The fraction of sp³-hybridized carbons (Fsp3) is 0.120. The zero-order chi connectivity index (χ0) is 26.5. The quantitative estimate of drug-likeness (QED) is 0.284. The molecule has 4 heterocycles. The van der Waals surface area contributed by atoms with Gasteiger partial charge in [-0.2, -0.15) is 13.2 Å². The van der Waals surface area contributed by atoms with Crippen molar-refractivity contribution in [3.05, 3.63) is 87.6 Å². The zero-order valence-electron chi connectivity index (χ0n) is 19.2. The van der Waals surface area contributed by atoms with Crippen LogP contribution in [0.4, 0.5) is 22.0 Å². The predicted octanol–water partition coefficient (Wildman–Crippen LogP) is 6.08. The van der Waals surface area contributed by atoms with E-state index in [1.807, 2.05) is 0 Å². The van der Waals surface area contributed by atoms with Gasteiger partial charge in [-0.05, 0) is 37.6 Å². The maximum Gasteiger partial charge on any atom is 0.418 e. The SMILES string of the molecule is Cc1c(Oc2ncc(C(F)(F)F)c(C)c2-c2cc(=O)c3c(-c4ncc[nH]4)nccc3[nH]2)ccc(F)c1F. The second-order valence-electron chi connectivity index (χ2n) is 8.13. The summed E-state index contributed by atoms with van der Waals surface area (Å²) < 4.78 is 74.6. The molecule has 0 radical (unpaired) electrons. The van der Waals surface area contributed by atoms with Crippen molar-refractivity contribution < 1.29 is 26.7 Å². The average molecular weight is 513 g/mol. The summed E-state index contributed by atoms with van der Waals surface area (Å²) in [6.45, 7) is 2.46. The predicted molar refractivity (Wildman–Crippen MR) is 124 cm³/mol. The number of rotatable bonds is 4. The first kappa shape index (κ1) is 24.1. The van der Waals surface area contributed by atoms with Crippen LogP contribution in [-0.4, -0.2) is 24.9 Å². The van der Waals surface area contributed by atoms with E-state index in [0.29, 0.717) is 12.0 Å². The van der Waals surface area contributed by atoms with Crippen molar-refractivity contribution in [3.63, 3.8) is 0 Å². The van der Waals surface area contributed by atoms with E-state index in [9.17, 15) is 26.7 Å². The molecule has 0 aliphatic carbocycles. The Balaban J connectivity index is 1.75. The van der Waals surface area contributed by atoms with Crippen LogP contribution in [-0.2, 0) is 6.18 Å². The highest BCUT2D eigenvalue weighted by Gasteiger charge is 2.35. The van der Waals surface area contributed by atoms with Crippen LogP contribution in [0.3, 0.4) is 0 Å². The van der Waals surface area contributed by atoms with E-state index in [0.717, 1.165) is 18.2 Å². The number of fused-ring (bicyclic) bond motifs is 1. The Labute approximate surface area is 205 Å². The lowest BCUT2D eigenvalue weighted by atomic mass is 10.0. The normalized spacial score (nSPS) is 11.8. The Kier molecular flexibility index (Phi) is 5.73. The van der Waals surface area contributed by atoms with Crippen molar-refractivity contribution in [3.8, 4) is 34.4 Å². The number of benzene rings is 1. The van der Waals surface area contributed by atoms with Crippen LogP contribution in [0.25, 0.3) is 33.7 Å². The fourth-order valence-corrected chi connectivity index (χ4v) is 4.02. The molecule has 12 heteroatoms. The number of H-pyrrole nitrogens is 2. The van der Waals surface area contributed by atoms with E-state index < -0.39 is 28.8 Å². The summed E-state index contributed by atoms with van der Waals surface area (Å²) in [5, 5.41) is 0.165. The number of ether oxygens (including phenoxy) is 1. The van der Waals surface area contributed by atoms with Gasteiger partial charge in [0.25, 0.3) is 0 Å². The largest absolute Gasteiger partial charge is 0.438 e. The minimum Gasteiger partial charge on any atom is -0.438 e. The summed E-state index contributed by atoms with van der Waals surface area (Å²) in [5.74, 6) is -2.44. The molecule has 2 N–H and O–H groups in total. The molecule has 0 spiro atoms. The number of nitrogens with one attached hydrogen (secondary N) is 2. The van der Waals surface area contributed by atoms with Crippen LogP contribution in [0, 0.1) is 25.5 Å². The lowest BCUT2D eigenvalue weighted by Crippen LogP contribution is -2.12. The van der Waals surface area contributed by atoms with Gasteiger partial charge in [0.2, 0.25) is 5.88 Å². The molecule has 5 rings (SSSR count). The molecule has 37 heavy (non-hydrogen) atoms. The van der Waals surface area contributed by atoms with Crippen LogP contribution in [0.1, 0.15) is 16.7 Å². The van der Waals surface area contributed by atoms with Gasteiger partial charge in [0.05, 0.1) is 27.7 Å². The third-order valence-electron chi connectivity index (χ3n) is 5.84. The van der Waals surface area contributed by atoms with Crippen LogP contribution in [0.5, 0.6) is 11.6 Å². The van der Waals surface area contributed by atoms with Gasteiger partial charge >= 0.3 is 6.18 Å². The lowest BCUT2D eigenvalue weighted by Gasteiger charge is -2.18. The Hall–Kier alpha value is -4.61. The summed E-state index contributed by atoms with van der Waals surface area (Å²) in [5.41, 5.74) is -1.76. The first-order valence-corrected chi connectivity index (χ1v) is 10.8. The zero-order valence-corrected chi connectivity index (χ0v) is 19.2. The van der Waals surface area contributed by atoms with E-state index in [-0.39, 0.29) is 50.6 Å². The van der Waals surface area contributed by atoms with E-state index in [1.54, 1.807) is 6.20 Å². The van der Waals surface area contributed by atoms with Crippen molar-refractivity contribution in [1.29, 1.82) is 0 Å². The Bertz CT molecular complexity index is 1710. The molecule has 1 aromatic carbocycles. The topological polar surface area (TPSA) is 96.6 Å². The molecular formula is C25H16F5N5O2. The van der Waals surface area contributed by atoms with Crippen molar-refractivity contribution in [2.45, 2.75) is 20.0 Å². The summed E-state index contributed by atoms with van der Waals surface area (Å²) in [6, 6.07) is 4.56. The molecule has 0 aliphatic rings. The van der Waals surface area contributed by atoms with Gasteiger partial charge in [-0.25, -0.2) is 18.7 Å². The van der Waals surface area contributed by atoms with Crippen LogP contribution >= 0.6 is 0 Å². The van der Waals surface area contributed by atoms with Crippen molar-refractivity contribution in [2.75, 3.05) is 0 Å². The number of nitrogens with zero attached hydrogens (tertiary/aromatic N) is 3. The maximum atomic E-state index is 14.1. The molecule has 7 nitrogen and oxygen atoms in total. The molecule has 5 aromatic rings. The van der Waals surface area contributed by atoms with E-state index >= 15 is 0 Å². The number of hydrogen-bond donors (Lipinski definition) is 2. The van der Waals surface area contributed by atoms with Crippen molar-refractivity contribution in [1.82, 2.24) is 24.9 Å². The second kappa shape index (κ2) is 8.80. The van der Waals surface area contributed by atoms with Gasteiger partial charge < -0.3 is 14.7 Å². The second-order valence-corrected chi connectivity index (χ2v) is 8.13. The van der Waals surface area contributed by atoms with E-state index in [2.05, 4.69) is 24.9 Å². The first-order chi connectivity index (χ1) is 17.6. The molecule has 188 valence electrons. The van der Waals surface area contributed by atoms with E-state index in [1.165, 1.54) is 32.3 Å². The molecular weight excluding hydrogens is 497 g/mol. The Morgan fingerprint density at radius 1 is 0.973 bits per heavy atom. The molecule has 0 saturated heterocycles. The van der Waals surface area contributed by atoms with Gasteiger partial charge in [0.15, 0.2) is 22.9 Å². The molecule has 0 aliphatic heterocycles. The summed E-state index contributed by atoms with van der Waals surface area (Å²) in [6.07, 6.45) is 0.288. The first-order valence-electron chi connectivity index (χ1n) is 10.8. The molecule has 4 aromatic heterocycles. The third-order valence-corrected chi connectivity index (χ3v) is 5.84. The number of alkyl halides is 3. The number of imidazole rings is 1.